The predicted molar refractivity (Wildman–Crippen MR) is 81.0 cm³/mol. The molecule has 18 heavy (non-hydrogen) atoms. The molecule has 0 amide bonds. The fourth-order valence-corrected chi connectivity index (χ4v) is 3.27. The van der Waals surface area contributed by atoms with E-state index in [1.807, 2.05) is 0 Å². The number of benzene rings is 1. The Morgan fingerprint density at radius 3 is 2.06 bits per heavy atom. The molecule has 0 heterocycles. The van der Waals surface area contributed by atoms with Gasteiger partial charge in [-0.25, -0.2) is 0 Å². The van der Waals surface area contributed by atoms with Gasteiger partial charge in [-0.2, -0.15) is 0 Å². The summed E-state index contributed by atoms with van der Waals surface area (Å²) in [6.45, 7) is 8.98. The highest BCUT2D eigenvalue weighted by atomic mass is 14.3. The SMILES string of the molecule is C/C=C/c1c(C)cc(C2CCC(C)CC2)cc1C. The minimum atomic E-state index is 0.804. The summed E-state index contributed by atoms with van der Waals surface area (Å²) in [6.07, 6.45) is 9.93. The van der Waals surface area contributed by atoms with E-state index in [0.717, 1.165) is 11.8 Å². The lowest BCUT2D eigenvalue weighted by Crippen LogP contribution is -2.11. The molecule has 0 aromatic heterocycles. The van der Waals surface area contributed by atoms with Gasteiger partial charge in [0.15, 0.2) is 0 Å². The van der Waals surface area contributed by atoms with Crippen molar-refractivity contribution in [2.45, 2.75) is 59.3 Å². The minimum absolute atomic E-state index is 0.804. The van der Waals surface area contributed by atoms with E-state index in [-0.39, 0.29) is 0 Å². The van der Waals surface area contributed by atoms with E-state index in [4.69, 9.17) is 0 Å². The van der Waals surface area contributed by atoms with Crippen LogP contribution < -0.4 is 0 Å². The molecule has 0 aliphatic heterocycles. The van der Waals surface area contributed by atoms with Crippen LogP contribution in [0.15, 0.2) is 18.2 Å². The lowest BCUT2D eigenvalue weighted by atomic mass is 9.78. The molecule has 1 aliphatic rings. The molecule has 0 atom stereocenters. The number of allylic oxidation sites excluding steroid dienone is 1. The van der Waals surface area contributed by atoms with Gasteiger partial charge in [-0.15, -0.1) is 0 Å². The van der Waals surface area contributed by atoms with E-state index in [0.29, 0.717) is 0 Å². The maximum absolute atomic E-state index is 2.42. The second kappa shape index (κ2) is 5.73. The third kappa shape index (κ3) is 2.85. The van der Waals surface area contributed by atoms with Crippen molar-refractivity contribution in [3.63, 3.8) is 0 Å². The highest BCUT2D eigenvalue weighted by Crippen LogP contribution is 2.36. The van der Waals surface area contributed by atoms with E-state index < -0.39 is 0 Å². The molecule has 1 aromatic carbocycles. The molecular weight excluding hydrogens is 216 g/mol. The Kier molecular flexibility index (Phi) is 4.27. The Hall–Kier alpha value is -1.04. The van der Waals surface area contributed by atoms with Gasteiger partial charge in [-0.1, -0.05) is 44.1 Å². The molecule has 0 N–H and O–H groups in total. The van der Waals surface area contributed by atoms with Gasteiger partial charge in [0.1, 0.15) is 0 Å². The van der Waals surface area contributed by atoms with Crippen molar-refractivity contribution in [3.8, 4) is 0 Å². The third-order valence-corrected chi connectivity index (χ3v) is 4.44. The molecule has 0 saturated heterocycles. The molecule has 0 bridgehead atoms. The van der Waals surface area contributed by atoms with Crippen molar-refractivity contribution in [2.24, 2.45) is 5.92 Å². The molecule has 0 radical (unpaired) electrons. The zero-order chi connectivity index (χ0) is 13.1. The summed E-state index contributed by atoms with van der Waals surface area (Å²) >= 11 is 0. The van der Waals surface area contributed by atoms with Crippen LogP contribution in [0.4, 0.5) is 0 Å². The van der Waals surface area contributed by atoms with Gasteiger partial charge in [0.2, 0.25) is 0 Å². The van der Waals surface area contributed by atoms with E-state index >= 15 is 0 Å². The van der Waals surface area contributed by atoms with E-state index in [2.05, 4.69) is 52.0 Å². The van der Waals surface area contributed by atoms with Gasteiger partial charge < -0.3 is 0 Å². The highest BCUT2D eigenvalue weighted by Gasteiger charge is 2.20. The van der Waals surface area contributed by atoms with Crippen LogP contribution in [-0.4, -0.2) is 0 Å². The summed E-state index contributed by atoms with van der Waals surface area (Å²) in [5.41, 5.74) is 5.85. The Morgan fingerprint density at radius 1 is 1.00 bits per heavy atom. The first-order valence-electron chi connectivity index (χ1n) is 7.35. The summed E-state index contributed by atoms with van der Waals surface area (Å²) in [5, 5.41) is 0. The summed E-state index contributed by atoms with van der Waals surface area (Å²) in [4.78, 5) is 0. The average Bonchev–Trinajstić information content (AvgIpc) is 2.34. The molecule has 0 spiro atoms. The quantitative estimate of drug-likeness (QED) is 0.630. The van der Waals surface area contributed by atoms with Gasteiger partial charge >= 0.3 is 0 Å². The van der Waals surface area contributed by atoms with E-state index in [1.165, 1.54) is 42.4 Å². The Balaban J connectivity index is 2.25. The monoisotopic (exact) mass is 242 g/mol. The number of aryl methyl sites for hydroxylation is 2. The summed E-state index contributed by atoms with van der Waals surface area (Å²) in [5.74, 6) is 1.74. The molecule has 1 aromatic rings. The topological polar surface area (TPSA) is 0 Å². The van der Waals surface area contributed by atoms with Gasteiger partial charge in [-0.05, 0) is 67.7 Å². The zero-order valence-corrected chi connectivity index (χ0v) is 12.3. The second-order valence-electron chi connectivity index (χ2n) is 6.03. The van der Waals surface area contributed by atoms with Gasteiger partial charge in [0.05, 0.1) is 0 Å². The molecule has 0 heteroatoms. The van der Waals surface area contributed by atoms with Gasteiger partial charge in [0, 0.05) is 0 Å². The molecule has 1 saturated carbocycles. The van der Waals surface area contributed by atoms with Crippen molar-refractivity contribution in [1.29, 1.82) is 0 Å². The maximum atomic E-state index is 2.42. The van der Waals surface area contributed by atoms with Crippen molar-refractivity contribution >= 4 is 6.08 Å². The van der Waals surface area contributed by atoms with Crippen LogP contribution in [0.25, 0.3) is 6.08 Å². The summed E-state index contributed by atoms with van der Waals surface area (Å²) < 4.78 is 0. The van der Waals surface area contributed by atoms with Crippen molar-refractivity contribution in [1.82, 2.24) is 0 Å². The van der Waals surface area contributed by atoms with E-state index in [1.54, 1.807) is 5.56 Å². The molecule has 0 unspecified atom stereocenters. The molecule has 98 valence electrons. The third-order valence-electron chi connectivity index (χ3n) is 4.44. The molecule has 1 aliphatic carbocycles. The van der Waals surface area contributed by atoms with Crippen LogP contribution >= 0.6 is 0 Å². The standard InChI is InChI=1S/C18H26/c1-5-6-18-14(3)11-17(12-15(18)4)16-9-7-13(2)8-10-16/h5-6,11-13,16H,7-10H2,1-4H3/b6-5+. The average molecular weight is 242 g/mol. The van der Waals surface area contributed by atoms with Crippen molar-refractivity contribution in [2.75, 3.05) is 0 Å². The summed E-state index contributed by atoms with van der Waals surface area (Å²) in [7, 11) is 0. The summed E-state index contributed by atoms with van der Waals surface area (Å²) in [6, 6.07) is 4.84. The lowest BCUT2D eigenvalue weighted by Gasteiger charge is -2.27. The first kappa shape index (κ1) is 13.4. The Morgan fingerprint density at radius 2 is 1.56 bits per heavy atom. The fourth-order valence-electron chi connectivity index (χ4n) is 3.27. The maximum Gasteiger partial charge on any atom is -0.0162 e. The zero-order valence-electron chi connectivity index (χ0n) is 12.3. The fraction of sp³-hybridized carbons (Fsp3) is 0.556. The van der Waals surface area contributed by atoms with Gasteiger partial charge in [-0.3, -0.25) is 0 Å². The first-order valence-corrected chi connectivity index (χ1v) is 7.35. The van der Waals surface area contributed by atoms with Crippen LogP contribution in [0.2, 0.25) is 0 Å². The molecule has 1 fully saturated rings. The lowest BCUT2D eigenvalue weighted by molar-refractivity contribution is 0.348. The van der Waals surface area contributed by atoms with E-state index in [9.17, 15) is 0 Å². The predicted octanol–water partition coefficient (Wildman–Crippen LogP) is 5.63. The number of rotatable bonds is 2. The van der Waals surface area contributed by atoms with Crippen LogP contribution in [-0.2, 0) is 0 Å². The van der Waals surface area contributed by atoms with Crippen LogP contribution in [0.1, 0.15) is 67.7 Å². The molecule has 0 nitrogen and oxygen atoms in total. The largest absolute Gasteiger partial charge is 0.0870 e. The smallest absolute Gasteiger partial charge is 0.0162 e. The number of hydrogen-bond acceptors (Lipinski definition) is 0. The van der Waals surface area contributed by atoms with Crippen molar-refractivity contribution in [3.05, 3.63) is 40.5 Å². The van der Waals surface area contributed by atoms with Crippen LogP contribution in [0.3, 0.4) is 0 Å². The number of hydrogen-bond donors (Lipinski definition) is 0. The second-order valence-corrected chi connectivity index (χ2v) is 6.03. The van der Waals surface area contributed by atoms with Crippen molar-refractivity contribution < 1.29 is 0 Å². The highest BCUT2D eigenvalue weighted by molar-refractivity contribution is 5.58. The first-order chi connectivity index (χ1) is 8.61. The Labute approximate surface area is 112 Å². The molecular formula is C18H26. The Bertz CT molecular complexity index is 408. The minimum Gasteiger partial charge on any atom is -0.0870 e. The normalized spacial score (nSPS) is 24.7. The van der Waals surface area contributed by atoms with Gasteiger partial charge in [0.25, 0.3) is 0 Å². The van der Waals surface area contributed by atoms with Crippen LogP contribution in [0.5, 0.6) is 0 Å². The molecule has 2 rings (SSSR count). The van der Waals surface area contributed by atoms with Crippen LogP contribution in [0, 0.1) is 19.8 Å².